The normalized spacial score (nSPS) is 11.3. The third-order valence-corrected chi connectivity index (χ3v) is 14.8. The molecule has 300 valence electrons. The minimum absolute atomic E-state index is 0.0891. The van der Waals surface area contributed by atoms with Crippen LogP contribution in [0.1, 0.15) is 33.6 Å². The van der Waals surface area contributed by atoms with Crippen molar-refractivity contribution in [3.63, 3.8) is 0 Å². The molecular weight excluding hydrogens is 757 g/mol. The molecule has 0 saturated carbocycles. The molecule has 56 heavy (non-hydrogen) atoms. The van der Waals surface area contributed by atoms with Crippen molar-refractivity contribution in [2.24, 2.45) is 5.73 Å². The summed E-state index contributed by atoms with van der Waals surface area (Å²) in [5, 5.41) is 20.8. The number of fused-ring (bicyclic) bond motifs is 3. The molecule has 0 amide bonds. The van der Waals surface area contributed by atoms with E-state index in [0.717, 1.165) is 23.2 Å². The van der Waals surface area contributed by atoms with Crippen LogP contribution in [-0.4, -0.2) is 93.5 Å². The van der Waals surface area contributed by atoms with E-state index in [1.165, 1.54) is 16.7 Å². The summed E-state index contributed by atoms with van der Waals surface area (Å²) in [5.74, 6) is -2.16. The van der Waals surface area contributed by atoms with E-state index in [-0.39, 0.29) is 28.8 Å². The number of aromatic nitrogens is 1. The molecule has 1 heterocycles. The van der Waals surface area contributed by atoms with E-state index < -0.39 is 29.5 Å². The average Bonchev–Trinajstić information content (AvgIpc) is 3.33. The van der Waals surface area contributed by atoms with Crippen LogP contribution in [0, 0.1) is 0 Å². The molecule has 1 aromatic heterocycles. The first kappa shape index (κ1) is 45.5. The number of nitrogens with zero attached hydrogens (tertiary/aromatic N) is 1. The second-order valence-corrected chi connectivity index (χ2v) is 18.3. The first-order valence-corrected chi connectivity index (χ1v) is 21.5. The lowest BCUT2D eigenvalue weighted by molar-refractivity contribution is 0.0684. The first-order chi connectivity index (χ1) is 26.9. The van der Waals surface area contributed by atoms with Gasteiger partial charge in [-0.25, -0.2) is 9.59 Å². The Morgan fingerprint density at radius 2 is 0.857 bits per heavy atom. The lowest BCUT2D eigenvalue weighted by Crippen LogP contribution is -2.43. The SMILES string of the molecule is CO[Si](CCCN)(OC)OC.CO[Si](CCCn1c(=O)c2ccccc2c2ccccc2c1=O)(OC)OC.O=C(O)c1ccccc1-c1ccccc1C(=O)O. The Hall–Kier alpha value is -4.89. The quantitative estimate of drug-likeness (QED) is 0.102. The van der Waals surface area contributed by atoms with Crippen LogP contribution in [0.5, 0.6) is 0 Å². The summed E-state index contributed by atoms with van der Waals surface area (Å²) >= 11 is 0. The highest BCUT2D eigenvalue weighted by molar-refractivity contribution is 6.60. The van der Waals surface area contributed by atoms with Gasteiger partial charge in [-0.05, 0) is 65.6 Å². The van der Waals surface area contributed by atoms with Gasteiger partial charge in [-0.2, -0.15) is 0 Å². The third kappa shape index (κ3) is 11.1. The van der Waals surface area contributed by atoms with Gasteiger partial charge in [-0.3, -0.25) is 14.2 Å². The minimum Gasteiger partial charge on any atom is -0.478 e. The van der Waals surface area contributed by atoms with Gasteiger partial charge in [-0.15, -0.1) is 0 Å². The van der Waals surface area contributed by atoms with E-state index in [4.69, 9.17) is 42.5 Å². The van der Waals surface area contributed by atoms with Crippen molar-refractivity contribution >= 4 is 51.1 Å². The Morgan fingerprint density at radius 1 is 0.536 bits per heavy atom. The summed E-state index contributed by atoms with van der Waals surface area (Å²) < 4.78 is 33.1. The van der Waals surface area contributed by atoms with Crippen molar-refractivity contribution in [3.05, 3.63) is 129 Å². The standard InChI is InChI=1S/C20H23NO5Si.C14H10O4.C6H17NO3Si/c1-24-27(25-2,26-3)14-8-13-21-19(22)17-11-6-4-9-15(17)16-10-5-7-12-18(16)20(21)23;15-13(16)11-7-3-1-5-9(11)10-6-2-4-8-12(10)14(17)18;1-8-11(9-2,10-3)6-4-5-7/h4-7,9-12H,8,13-14H2,1-3H3;1-8H,(H,15,16)(H,17,18);4-7H2,1-3H3. The van der Waals surface area contributed by atoms with Gasteiger partial charge >= 0.3 is 29.5 Å². The van der Waals surface area contributed by atoms with Crippen molar-refractivity contribution in [3.8, 4) is 11.1 Å². The van der Waals surface area contributed by atoms with Gasteiger partial charge in [0, 0.05) is 72.1 Å². The van der Waals surface area contributed by atoms with Crippen molar-refractivity contribution in [1.82, 2.24) is 4.57 Å². The summed E-state index contributed by atoms with van der Waals surface area (Å²) in [6, 6.07) is 28.6. The third-order valence-electron chi connectivity index (χ3n) is 9.12. The fourth-order valence-electron chi connectivity index (χ4n) is 6.09. The van der Waals surface area contributed by atoms with E-state index in [1.807, 2.05) is 36.4 Å². The molecule has 0 aliphatic heterocycles. The van der Waals surface area contributed by atoms with Crippen LogP contribution in [0.4, 0.5) is 0 Å². The van der Waals surface area contributed by atoms with Crippen LogP contribution >= 0.6 is 0 Å². The predicted molar refractivity (Wildman–Crippen MR) is 219 cm³/mol. The number of hydrogen-bond donors (Lipinski definition) is 3. The lowest BCUT2D eigenvalue weighted by atomic mass is 9.95. The molecule has 5 rings (SSSR count). The number of hydrogen-bond acceptors (Lipinski definition) is 11. The molecule has 0 radical (unpaired) electrons. The van der Waals surface area contributed by atoms with E-state index in [9.17, 15) is 19.2 Å². The van der Waals surface area contributed by atoms with Crippen LogP contribution in [0.2, 0.25) is 12.1 Å². The molecule has 4 N–H and O–H groups in total. The summed E-state index contributed by atoms with van der Waals surface area (Å²) in [7, 11) is 4.40. The largest absolute Gasteiger partial charge is 0.500 e. The molecule has 0 bridgehead atoms. The molecule has 4 aromatic carbocycles. The molecular formula is C40H50N2O12Si2. The second kappa shape index (κ2) is 22.0. The molecule has 16 heteroatoms. The van der Waals surface area contributed by atoms with Crippen molar-refractivity contribution < 1.29 is 46.4 Å². The highest BCUT2D eigenvalue weighted by Crippen LogP contribution is 2.27. The molecule has 0 fully saturated rings. The Labute approximate surface area is 327 Å². The van der Waals surface area contributed by atoms with E-state index >= 15 is 0 Å². The Bertz CT molecular complexity index is 2050. The van der Waals surface area contributed by atoms with Crippen molar-refractivity contribution in [2.75, 3.05) is 49.2 Å². The fourth-order valence-corrected chi connectivity index (χ4v) is 9.54. The van der Waals surface area contributed by atoms with Gasteiger partial charge in [-0.1, -0.05) is 72.8 Å². The first-order valence-electron chi connectivity index (χ1n) is 17.6. The fraction of sp³-hybridized carbons (Fsp3) is 0.300. The molecule has 0 aliphatic rings. The van der Waals surface area contributed by atoms with Crippen molar-refractivity contribution in [2.45, 2.75) is 31.5 Å². The Balaban J connectivity index is 0.000000250. The van der Waals surface area contributed by atoms with Gasteiger partial charge in [0.05, 0.1) is 11.1 Å². The highest BCUT2D eigenvalue weighted by atomic mass is 28.4. The molecule has 0 saturated heterocycles. The average molecular weight is 807 g/mol. The van der Waals surface area contributed by atoms with Crippen LogP contribution in [-0.2, 0) is 33.1 Å². The van der Waals surface area contributed by atoms with Gasteiger partial charge in [0.2, 0.25) is 0 Å². The van der Waals surface area contributed by atoms with E-state index in [2.05, 4.69) is 0 Å². The molecule has 14 nitrogen and oxygen atoms in total. The predicted octanol–water partition coefficient (Wildman–Crippen LogP) is 5.75. The van der Waals surface area contributed by atoms with Gasteiger partial charge < -0.3 is 42.5 Å². The van der Waals surface area contributed by atoms with Gasteiger partial charge in [0.15, 0.2) is 0 Å². The lowest BCUT2D eigenvalue weighted by Gasteiger charge is -2.24. The summed E-state index contributed by atoms with van der Waals surface area (Å²) in [5.41, 5.74) is 5.77. The van der Waals surface area contributed by atoms with Crippen LogP contribution in [0.15, 0.2) is 107 Å². The zero-order valence-corrected chi connectivity index (χ0v) is 34.5. The van der Waals surface area contributed by atoms with E-state index in [1.54, 1.807) is 91.2 Å². The van der Waals surface area contributed by atoms with Gasteiger partial charge in [0.25, 0.3) is 11.1 Å². The summed E-state index contributed by atoms with van der Waals surface area (Å²) in [6.45, 7) is 0.913. The van der Waals surface area contributed by atoms with Gasteiger partial charge in [0.1, 0.15) is 0 Å². The highest BCUT2D eigenvalue weighted by Gasteiger charge is 2.37. The smallest absolute Gasteiger partial charge is 0.478 e. The number of nitrogens with two attached hydrogens (primary N) is 1. The Morgan fingerprint density at radius 3 is 1.20 bits per heavy atom. The monoisotopic (exact) mass is 806 g/mol. The maximum atomic E-state index is 13.1. The van der Waals surface area contributed by atoms with Crippen LogP contribution in [0.25, 0.3) is 32.7 Å². The maximum Gasteiger partial charge on any atom is 0.500 e. The number of carbonyl (C=O) groups is 2. The van der Waals surface area contributed by atoms with Crippen LogP contribution < -0.4 is 16.9 Å². The minimum atomic E-state index is -2.75. The van der Waals surface area contributed by atoms with Crippen molar-refractivity contribution in [1.29, 1.82) is 0 Å². The zero-order chi connectivity index (χ0) is 41.3. The molecule has 5 aromatic rings. The molecule has 0 aliphatic carbocycles. The summed E-state index contributed by atoms with van der Waals surface area (Å²) in [4.78, 5) is 48.5. The Kier molecular flexibility index (Phi) is 17.9. The molecule has 0 unspecified atom stereocenters. The number of carboxylic acids is 2. The summed E-state index contributed by atoms with van der Waals surface area (Å²) in [6.07, 6.45) is 1.41. The van der Waals surface area contributed by atoms with Crippen LogP contribution in [0.3, 0.4) is 0 Å². The second-order valence-electron chi connectivity index (χ2n) is 12.1. The molecule has 0 spiro atoms. The number of carboxylic acid groups (broad SMARTS) is 2. The molecule has 0 atom stereocenters. The zero-order valence-electron chi connectivity index (χ0n) is 32.5. The number of rotatable bonds is 16. The maximum absolute atomic E-state index is 13.1. The number of aromatic carboxylic acids is 2. The van der Waals surface area contributed by atoms with E-state index in [0.29, 0.717) is 40.9 Å². The topological polar surface area (TPSA) is 195 Å². The number of benzene rings is 4.